The number of hydrogen-bond donors (Lipinski definition) is 0. The first-order chi connectivity index (χ1) is 14.5. The summed E-state index contributed by atoms with van der Waals surface area (Å²) in [6.07, 6.45) is 4.95. The van der Waals surface area contributed by atoms with Gasteiger partial charge in [0.1, 0.15) is 0 Å². The van der Waals surface area contributed by atoms with Crippen molar-refractivity contribution in [3.63, 3.8) is 0 Å². The third-order valence-corrected chi connectivity index (χ3v) is 5.38. The highest BCUT2D eigenvalue weighted by Crippen LogP contribution is 2.27. The maximum Gasteiger partial charge on any atom is 0.270 e. The number of rotatable bonds is 11. The number of nitro groups is 1. The molecular formula is C23H27N3O4. The third kappa shape index (κ3) is 5.30. The predicted octanol–water partition coefficient (Wildman–Crippen LogP) is 4.27. The van der Waals surface area contributed by atoms with E-state index in [1.165, 1.54) is 28.7 Å². The second-order valence-electron chi connectivity index (χ2n) is 7.74. The summed E-state index contributed by atoms with van der Waals surface area (Å²) < 4.78 is 0. The Bertz CT molecular complexity index is 914. The Morgan fingerprint density at radius 1 is 0.900 bits per heavy atom. The van der Waals surface area contributed by atoms with E-state index >= 15 is 0 Å². The highest BCUT2D eigenvalue weighted by atomic mass is 16.6. The van der Waals surface area contributed by atoms with Crippen LogP contribution in [0.5, 0.6) is 0 Å². The molecule has 0 aromatic heterocycles. The molecule has 0 bridgehead atoms. The second-order valence-corrected chi connectivity index (χ2v) is 7.74. The molecule has 7 heteroatoms. The average Bonchev–Trinajstić information content (AvgIpc) is 2.98. The van der Waals surface area contributed by atoms with Gasteiger partial charge in [0.05, 0.1) is 16.1 Å². The summed E-state index contributed by atoms with van der Waals surface area (Å²) in [6.45, 7) is 2.33. The van der Waals surface area contributed by atoms with Crippen molar-refractivity contribution >= 4 is 17.5 Å². The molecule has 0 aliphatic carbocycles. The minimum absolute atomic E-state index is 0.135. The molecule has 1 aliphatic rings. The fourth-order valence-electron chi connectivity index (χ4n) is 3.75. The fraction of sp³-hybridized carbons (Fsp3) is 0.391. The Labute approximate surface area is 176 Å². The number of hydrogen-bond acceptors (Lipinski definition) is 5. The molecule has 30 heavy (non-hydrogen) atoms. The average molecular weight is 409 g/mol. The highest BCUT2D eigenvalue weighted by molar-refractivity contribution is 6.21. The number of non-ortho nitro benzene ring substituents is 1. The van der Waals surface area contributed by atoms with E-state index in [4.69, 9.17) is 0 Å². The topological polar surface area (TPSA) is 83.8 Å². The van der Waals surface area contributed by atoms with Crippen molar-refractivity contribution in [2.24, 2.45) is 0 Å². The van der Waals surface area contributed by atoms with Crippen LogP contribution in [0.4, 0.5) is 5.69 Å². The fourth-order valence-corrected chi connectivity index (χ4v) is 3.75. The molecular weight excluding hydrogens is 382 g/mol. The number of imide groups is 1. The van der Waals surface area contributed by atoms with Gasteiger partial charge in [0.15, 0.2) is 0 Å². The molecule has 2 aromatic carbocycles. The van der Waals surface area contributed by atoms with Crippen LogP contribution in [-0.4, -0.2) is 46.7 Å². The Morgan fingerprint density at radius 2 is 1.57 bits per heavy atom. The molecule has 0 atom stereocenters. The number of carbonyl (C=O) groups excluding carboxylic acids is 2. The van der Waals surface area contributed by atoms with Crippen LogP contribution >= 0.6 is 0 Å². The normalized spacial score (nSPS) is 13.2. The van der Waals surface area contributed by atoms with E-state index in [-0.39, 0.29) is 22.7 Å². The molecule has 158 valence electrons. The van der Waals surface area contributed by atoms with Crippen LogP contribution in [0.2, 0.25) is 0 Å². The van der Waals surface area contributed by atoms with Crippen LogP contribution in [0.1, 0.15) is 58.4 Å². The number of unbranched alkanes of at least 4 members (excludes halogenated alkanes) is 4. The summed E-state index contributed by atoms with van der Waals surface area (Å²) in [5.41, 5.74) is 1.53. The van der Waals surface area contributed by atoms with Crippen molar-refractivity contribution in [1.29, 1.82) is 0 Å². The third-order valence-electron chi connectivity index (χ3n) is 5.38. The molecule has 1 heterocycles. The summed E-state index contributed by atoms with van der Waals surface area (Å²) in [4.78, 5) is 38.7. The quantitative estimate of drug-likeness (QED) is 0.239. The van der Waals surface area contributed by atoms with Gasteiger partial charge in [-0.25, -0.2) is 0 Å². The van der Waals surface area contributed by atoms with Crippen molar-refractivity contribution in [2.45, 2.75) is 38.6 Å². The van der Waals surface area contributed by atoms with E-state index in [0.29, 0.717) is 6.54 Å². The van der Waals surface area contributed by atoms with E-state index in [2.05, 4.69) is 36.2 Å². The second kappa shape index (κ2) is 10.1. The zero-order chi connectivity index (χ0) is 21.5. The summed E-state index contributed by atoms with van der Waals surface area (Å²) in [6, 6.07) is 14.2. The molecule has 1 aliphatic heterocycles. The molecule has 0 N–H and O–H groups in total. The molecule has 0 fully saturated rings. The van der Waals surface area contributed by atoms with Crippen LogP contribution in [-0.2, 0) is 6.54 Å². The van der Waals surface area contributed by atoms with E-state index in [0.717, 1.165) is 45.2 Å². The largest absolute Gasteiger partial charge is 0.302 e. The molecule has 3 rings (SSSR count). The number of nitro benzene ring substituents is 1. The Kier molecular flexibility index (Phi) is 7.30. The summed E-state index contributed by atoms with van der Waals surface area (Å²) >= 11 is 0. The lowest BCUT2D eigenvalue weighted by molar-refractivity contribution is -0.384. The van der Waals surface area contributed by atoms with E-state index in [1.54, 1.807) is 0 Å². The van der Waals surface area contributed by atoms with Crippen LogP contribution in [0.3, 0.4) is 0 Å². The maximum atomic E-state index is 12.5. The SMILES string of the molecule is CN(CCCCCCCN1C(=O)c2ccc([N+](=O)[O-])cc2C1=O)Cc1ccccc1. The number of carbonyl (C=O) groups is 2. The predicted molar refractivity (Wildman–Crippen MR) is 114 cm³/mol. The van der Waals surface area contributed by atoms with Gasteiger partial charge in [0, 0.05) is 25.2 Å². The monoisotopic (exact) mass is 409 g/mol. The van der Waals surface area contributed by atoms with Gasteiger partial charge >= 0.3 is 0 Å². The molecule has 0 saturated carbocycles. The van der Waals surface area contributed by atoms with E-state index in [9.17, 15) is 19.7 Å². The standard InChI is InChI=1S/C23H27N3O4/c1-24(17-18-10-6-5-7-11-18)14-8-3-2-4-9-15-25-22(27)20-13-12-19(26(29)30)16-21(20)23(25)28/h5-7,10-13,16H,2-4,8-9,14-15,17H2,1H3. The van der Waals surface area contributed by atoms with Gasteiger partial charge in [-0.05, 0) is 38.1 Å². The van der Waals surface area contributed by atoms with Crippen molar-refractivity contribution in [2.75, 3.05) is 20.1 Å². The van der Waals surface area contributed by atoms with Gasteiger partial charge in [-0.3, -0.25) is 24.6 Å². The highest BCUT2D eigenvalue weighted by Gasteiger charge is 2.36. The van der Waals surface area contributed by atoms with Crippen LogP contribution < -0.4 is 0 Å². The van der Waals surface area contributed by atoms with Gasteiger partial charge in [0.2, 0.25) is 0 Å². The van der Waals surface area contributed by atoms with Crippen molar-refractivity contribution in [3.8, 4) is 0 Å². The van der Waals surface area contributed by atoms with Crippen LogP contribution in [0.25, 0.3) is 0 Å². The number of amides is 2. The van der Waals surface area contributed by atoms with Gasteiger partial charge < -0.3 is 4.90 Å². The molecule has 0 unspecified atom stereocenters. The van der Waals surface area contributed by atoms with Gasteiger partial charge in [-0.2, -0.15) is 0 Å². The number of fused-ring (bicyclic) bond motifs is 1. The lowest BCUT2D eigenvalue weighted by Gasteiger charge is -2.16. The molecule has 2 aromatic rings. The lowest BCUT2D eigenvalue weighted by Crippen LogP contribution is -2.30. The maximum absolute atomic E-state index is 12.5. The summed E-state index contributed by atoms with van der Waals surface area (Å²) in [7, 11) is 2.12. The Balaban J connectivity index is 1.34. The Morgan fingerprint density at radius 3 is 2.30 bits per heavy atom. The van der Waals surface area contributed by atoms with Crippen molar-refractivity contribution in [1.82, 2.24) is 9.80 Å². The smallest absolute Gasteiger partial charge is 0.270 e. The zero-order valence-electron chi connectivity index (χ0n) is 17.3. The Hall–Kier alpha value is -3.06. The van der Waals surface area contributed by atoms with Gasteiger partial charge in [-0.15, -0.1) is 0 Å². The first-order valence-corrected chi connectivity index (χ1v) is 10.3. The molecule has 0 radical (unpaired) electrons. The molecule has 2 amide bonds. The first-order valence-electron chi connectivity index (χ1n) is 10.3. The van der Waals surface area contributed by atoms with E-state index < -0.39 is 10.8 Å². The number of nitrogens with zero attached hydrogens (tertiary/aromatic N) is 3. The molecule has 7 nitrogen and oxygen atoms in total. The van der Waals surface area contributed by atoms with Gasteiger partial charge in [-0.1, -0.05) is 49.6 Å². The lowest BCUT2D eigenvalue weighted by atomic mass is 10.1. The minimum Gasteiger partial charge on any atom is -0.302 e. The molecule has 0 spiro atoms. The van der Waals surface area contributed by atoms with Gasteiger partial charge in [0.25, 0.3) is 17.5 Å². The van der Waals surface area contributed by atoms with Crippen LogP contribution in [0, 0.1) is 10.1 Å². The van der Waals surface area contributed by atoms with Crippen LogP contribution in [0.15, 0.2) is 48.5 Å². The summed E-state index contributed by atoms with van der Waals surface area (Å²) in [5.74, 6) is -0.784. The first kappa shape index (κ1) is 21.6. The number of benzene rings is 2. The molecule has 0 saturated heterocycles. The summed E-state index contributed by atoms with van der Waals surface area (Å²) in [5, 5.41) is 10.9. The zero-order valence-corrected chi connectivity index (χ0v) is 17.3. The van der Waals surface area contributed by atoms with E-state index in [1.807, 2.05) is 6.07 Å². The van der Waals surface area contributed by atoms with Crippen molar-refractivity contribution in [3.05, 3.63) is 75.3 Å². The van der Waals surface area contributed by atoms with Crippen molar-refractivity contribution < 1.29 is 14.5 Å². The minimum atomic E-state index is -0.558.